The lowest BCUT2D eigenvalue weighted by Crippen LogP contribution is -1.94. The monoisotopic (exact) mass is 640 g/mol. The molecule has 0 fully saturated rings. The van der Waals surface area contributed by atoms with Crippen molar-refractivity contribution >= 4 is 55.7 Å². The molecule has 50 heavy (non-hydrogen) atoms. The molecule has 234 valence electrons. The van der Waals surface area contributed by atoms with Gasteiger partial charge in [-0.1, -0.05) is 97.1 Å². The summed E-state index contributed by atoms with van der Waals surface area (Å²) in [5.41, 5.74) is 15.4. The number of hydrogen-bond donors (Lipinski definition) is 0. The van der Waals surface area contributed by atoms with Crippen molar-refractivity contribution in [1.29, 1.82) is 0 Å². The largest absolute Gasteiger partial charge is 0.278 e. The molecule has 0 N–H and O–H groups in total. The van der Waals surface area contributed by atoms with E-state index in [1.165, 1.54) is 11.1 Å². The highest BCUT2D eigenvalue weighted by Crippen LogP contribution is 2.36. The summed E-state index contributed by atoms with van der Waals surface area (Å²) in [6, 6.07) is 60.1. The van der Waals surface area contributed by atoms with Crippen LogP contribution < -0.4 is 0 Å². The summed E-state index contributed by atoms with van der Waals surface area (Å²) in [5.74, 6) is 1.80. The number of imidazole rings is 4. The molecule has 0 unspecified atom stereocenters. The zero-order valence-electron chi connectivity index (χ0n) is 26.8. The van der Waals surface area contributed by atoms with Crippen LogP contribution in [0.1, 0.15) is 0 Å². The van der Waals surface area contributed by atoms with Crippen LogP contribution in [0.5, 0.6) is 0 Å². The molecular formula is C44H28N6. The maximum absolute atomic E-state index is 5.21. The SMILES string of the molecule is c1ccc(-c2ccc3nc4n(-c5ccccc5)c5ccc(-c6ccc7c(c6)n6c8ccccc8nc6n7-c6ccccc6)cc5n4c3c2)cc1. The fourth-order valence-corrected chi connectivity index (χ4v) is 7.68. The average molecular weight is 641 g/mol. The quantitative estimate of drug-likeness (QED) is 0.192. The summed E-state index contributed by atoms with van der Waals surface area (Å²) in [6.07, 6.45) is 0. The Labute approximate surface area is 286 Å². The molecule has 0 amide bonds. The topological polar surface area (TPSA) is 44.5 Å². The fraction of sp³-hybridized carbons (Fsp3) is 0. The third-order valence-electron chi connectivity index (χ3n) is 9.96. The molecule has 0 saturated carbocycles. The summed E-state index contributed by atoms with van der Waals surface area (Å²) in [5, 5.41) is 0. The van der Waals surface area contributed by atoms with Crippen LogP contribution >= 0.6 is 0 Å². The van der Waals surface area contributed by atoms with E-state index in [9.17, 15) is 0 Å². The Bertz CT molecular complexity index is 3070. The second-order valence-electron chi connectivity index (χ2n) is 12.8. The molecular weight excluding hydrogens is 613 g/mol. The minimum atomic E-state index is 0.894. The Morgan fingerprint density at radius 1 is 0.300 bits per heavy atom. The van der Waals surface area contributed by atoms with Crippen molar-refractivity contribution in [3.63, 3.8) is 0 Å². The van der Waals surface area contributed by atoms with Gasteiger partial charge in [-0.2, -0.15) is 0 Å². The van der Waals surface area contributed by atoms with Crippen molar-refractivity contribution in [2.24, 2.45) is 0 Å². The molecule has 0 atom stereocenters. The van der Waals surface area contributed by atoms with Gasteiger partial charge in [-0.05, 0) is 95.1 Å². The standard InChI is InChI=1S/C44H28N6/c1-4-12-29(13-5-1)30-20-23-36-40(26-30)50-42-28-32(22-25-39(42)48(44(50)46-36)34-16-8-3-9-17-34)31-21-24-38-41(27-31)49-37-19-11-10-18-35(37)45-43(49)47(38)33-14-6-2-7-15-33/h1-28H. The smallest absolute Gasteiger partial charge is 0.220 e. The Hall–Kier alpha value is -6.92. The van der Waals surface area contributed by atoms with Crippen LogP contribution in [0.3, 0.4) is 0 Å². The highest BCUT2D eigenvalue weighted by molar-refractivity contribution is 5.98. The number of aromatic nitrogens is 6. The van der Waals surface area contributed by atoms with Crippen LogP contribution in [0, 0.1) is 0 Å². The van der Waals surface area contributed by atoms with Crippen molar-refractivity contribution in [1.82, 2.24) is 27.9 Å². The summed E-state index contributed by atoms with van der Waals surface area (Å²) in [6.45, 7) is 0. The Morgan fingerprint density at radius 3 is 1.34 bits per heavy atom. The molecule has 0 aliphatic heterocycles. The van der Waals surface area contributed by atoms with Gasteiger partial charge in [0.15, 0.2) is 0 Å². The lowest BCUT2D eigenvalue weighted by Gasteiger charge is -2.08. The lowest BCUT2D eigenvalue weighted by atomic mass is 10.0. The fourth-order valence-electron chi connectivity index (χ4n) is 7.68. The Balaban J connectivity index is 1.18. The molecule has 6 heteroatoms. The van der Waals surface area contributed by atoms with Crippen LogP contribution in [-0.2, 0) is 0 Å². The molecule has 0 aliphatic carbocycles. The first kappa shape index (κ1) is 27.1. The molecule has 0 spiro atoms. The second-order valence-corrected chi connectivity index (χ2v) is 12.8. The van der Waals surface area contributed by atoms with Gasteiger partial charge >= 0.3 is 0 Å². The Morgan fingerprint density at radius 2 is 0.740 bits per heavy atom. The van der Waals surface area contributed by atoms with Gasteiger partial charge in [-0.25, -0.2) is 9.97 Å². The van der Waals surface area contributed by atoms with Gasteiger partial charge in [-0.15, -0.1) is 0 Å². The van der Waals surface area contributed by atoms with E-state index in [1.807, 2.05) is 0 Å². The average Bonchev–Trinajstić information content (AvgIpc) is 3.91. The maximum Gasteiger partial charge on any atom is 0.220 e. The van der Waals surface area contributed by atoms with Gasteiger partial charge < -0.3 is 0 Å². The molecule has 11 rings (SSSR count). The molecule has 0 radical (unpaired) electrons. The van der Waals surface area contributed by atoms with E-state index in [-0.39, 0.29) is 0 Å². The second kappa shape index (κ2) is 10.3. The number of rotatable bonds is 4. The van der Waals surface area contributed by atoms with E-state index in [0.717, 1.165) is 78.2 Å². The first-order chi connectivity index (χ1) is 24.8. The highest BCUT2D eigenvalue weighted by Gasteiger charge is 2.20. The zero-order chi connectivity index (χ0) is 32.8. The number of nitrogens with zero attached hydrogens (tertiary/aromatic N) is 6. The minimum Gasteiger partial charge on any atom is -0.278 e. The van der Waals surface area contributed by atoms with Crippen LogP contribution in [-0.4, -0.2) is 27.9 Å². The van der Waals surface area contributed by atoms with Gasteiger partial charge in [0.25, 0.3) is 0 Å². The molecule has 11 aromatic rings. The third-order valence-corrected chi connectivity index (χ3v) is 9.96. The van der Waals surface area contributed by atoms with Gasteiger partial charge in [0.1, 0.15) is 0 Å². The molecule has 0 aliphatic rings. The van der Waals surface area contributed by atoms with Crippen LogP contribution in [0.25, 0.3) is 89.3 Å². The van der Waals surface area contributed by atoms with Crippen LogP contribution in [0.4, 0.5) is 0 Å². The van der Waals surface area contributed by atoms with E-state index in [1.54, 1.807) is 0 Å². The van der Waals surface area contributed by atoms with Crippen molar-refractivity contribution in [2.75, 3.05) is 0 Å². The Kier molecular flexibility index (Phi) is 5.57. The third kappa shape index (κ3) is 3.84. The predicted octanol–water partition coefficient (Wildman–Crippen LogP) is 10.5. The molecule has 0 saturated heterocycles. The van der Waals surface area contributed by atoms with Crippen LogP contribution in [0.15, 0.2) is 170 Å². The molecule has 4 aromatic heterocycles. The minimum absolute atomic E-state index is 0.894. The van der Waals surface area contributed by atoms with Crippen molar-refractivity contribution in [3.8, 4) is 33.6 Å². The van der Waals surface area contributed by atoms with E-state index in [4.69, 9.17) is 9.97 Å². The van der Waals surface area contributed by atoms with Crippen molar-refractivity contribution in [2.45, 2.75) is 0 Å². The number of fused-ring (bicyclic) bond motifs is 10. The van der Waals surface area contributed by atoms with Crippen molar-refractivity contribution in [3.05, 3.63) is 170 Å². The highest BCUT2D eigenvalue weighted by atomic mass is 15.2. The first-order valence-corrected chi connectivity index (χ1v) is 16.9. The summed E-state index contributed by atoms with van der Waals surface area (Å²) >= 11 is 0. The number of hydrogen-bond acceptors (Lipinski definition) is 2. The lowest BCUT2D eigenvalue weighted by molar-refractivity contribution is 1.11. The van der Waals surface area contributed by atoms with Gasteiger partial charge in [0.05, 0.1) is 44.1 Å². The van der Waals surface area contributed by atoms with Gasteiger partial charge in [-0.3, -0.25) is 17.9 Å². The normalized spacial score (nSPS) is 12.0. The van der Waals surface area contributed by atoms with E-state index >= 15 is 0 Å². The van der Waals surface area contributed by atoms with Crippen molar-refractivity contribution < 1.29 is 0 Å². The van der Waals surface area contributed by atoms with Crippen LogP contribution in [0.2, 0.25) is 0 Å². The summed E-state index contributed by atoms with van der Waals surface area (Å²) in [7, 11) is 0. The number of para-hydroxylation sites is 4. The summed E-state index contributed by atoms with van der Waals surface area (Å²) < 4.78 is 9.14. The van der Waals surface area contributed by atoms with E-state index < -0.39 is 0 Å². The maximum atomic E-state index is 5.21. The summed E-state index contributed by atoms with van der Waals surface area (Å²) in [4.78, 5) is 10.3. The molecule has 0 bridgehead atoms. The molecule has 6 nitrogen and oxygen atoms in total. The van der Waals surface area contributed by atoms with Gasteiger partial charge in [0, 0.05) is 11.4 Å². The first-order valence-electron chi connectivity index (χ1n) is 16.9. The molecule has 4 heterocycles. The predicted molar refractivity (Wildman–Crippen MR) is 203 cm³/mol. The zero-order valence-corrected chi connectivity index (χ0v) is 26.8. The molecule has 7 aromatic carbocycles. The van der Waals surface area contributed by atoms with E-state index in [0.29, 0.717) is 0 Å². The number of benzene rings is 7. The van der Waals surface area contributed by atoms with E-state index in [2.05, 4.69) is 188 Å². The van der Waals surface area contributed by atoms with Gasteiger partial charge in [0.2, 0.25) is 11.6 Å².